The van der Waals surface area contributed by atoms with Gasteiger partial charge in [-0.1, -0.05) is 164 Å². The maximum absolute atomic E-state index is 5.53. The molecule has 0 N–H and O–H groups in total. The van der Waals surface area contributed by atoms with Crippen LogP contribution >= 0.6 is 22.7 Å². The summed E-state index contributed by atoms with van der Waals surface area (Å²) in [6, 6.07) is 64.5. The van der Waals surface area contributed by atoms with Crippen molar-refractivity contribution >= 4 is 95.6 Å². The molecule has 1 aliphatic carbocycles. The van der Waals surface area contributed by atoms with Gasteiger partial charge in [-0.25, -0.2) is 9.97 Å². The maximum Gasteiger partial charge on any atom is 0.143 e. The van der Waals surface area contributed by atoms with Gasteiger partial charge in [0, 0.05) is 47.3 Å². The lowest BCUT2D eigenvalue weighted by atomic mass is 9.83. The predicted molar refractivity (Wildman–Crippen MR) is 244 cm³/mol. The van der Waals surface area contributed by atoms with Gasteiger partial charge < -0.3 is 0 Å². The lowest BCUT2D eigenvalue weighted by Crippen LogP contribution is -2.02. The topological polar surface area (TPSA) is 25.8 Å². The quantitative estimate of drug-likeness (QED) is 0.179. The molecule has 0 radical (unpaired) electrons. The molecule has 1 unspecified atom stereocenters. The van der Waals surface area contributed by atoms with Gasteiger partial charge in [0.25, 0.3) is 0 Å². The number of thiophene rings is 2. The van der Waals surface area contributed by atoms with Gasteiger partial charge in [0.1, 0.15) is 10.3 Å². The summed E-state index contributed by atoms with van der Waals surface area (Å²) in [5.74, 6) is 0.0459. The number of nitrogens with zero attached hydrogens (tertiary/aromatic N) is 2. The maximum atomic E-state index is 5.53. The fourth-order valence-electron chi connectivity index (χ4n) is 9.80. The van der Waals surface area contributed by atoms with E-state index in [1.807, 2.05) is 11.3 Å². The molecule has 0 amide bonds. The molecule has 0 spiro atoms. The van der Waals surface area contributed by atoms with Gasteiger partial charge in [-0.2, -0.15) is 0 Å². The van der Waals surface area contributed by atoms with Crippen LogP contribution in [0.4, 0.5) is 0 Å². The summed E-state index contributed by atoms with van der Waals surface area (Å²) in [7, 11) is 0. The average molecular weight is 759 g/mol. The van der Waals surface area contributed by atoms with E-state index in [4.69, 9.17) is 9.97 Å². The monoisotopic (exact) mass is 758 g/mol. The van der Waals surface area contributed by atoms with Crippen molar-refractivity contribution in [3.63, 3.8) is 0 Å². The average Bonchev–Trinajstić information content (AvgIpc) is 3.96. The van der Waals surface area contributed by atoms with Crippen molar-refractivity contribution in [2.45, 2.75) is 5.92 Å². The largest absolute Gasteiger partial charge is 0.242 e. The number of aromatic nitrogens is 2. The minimum atomic E-state index is 0.0459. The molecule has 0 saturated carbocycles. The van der Waals surface area contributed by atoms with Gasteiger partial charge >= 0.3 is 0 Å². The second kappa shape index (κ2) is 11.9. The third kappa shape index (κ3) is 4.40. The molecular formula is C53H30N2S2. The van der Waals surface area contributed by atoms with Crippen LogP contribution in [0.15, 0.2) is 176 Å². The zero-order valence-corrected chi connectivity index (χ0v) is 32.2. The Morgan fingerprint density at radius 3 is 1.98 bits per heavy atom. The molecule has 0 aliphatic heterocycles. The summed E-state index contributed by atoms with van der Waals surface area (Å²) < 4.78 is 3.92. The fraction of sp³-hybridized carbons (Fsp3) is 0.0189. The van der Waals surface area contributed by atoms with Crippen molar-refractivity contribution in [3.8, 4) is 33.6 Å². The standard InChI is InChI=1S/C53H30N2S2/c1-2-15-31(16-3-1)49-50(54-51-41-24-12-13-25-42(41)57-53(51)55-49)40-28-27-39(33-18-6-7-19-34(33)40)45-36-21-9-8-20-35(36)44-37-22-10-11-23-38(37)47-46-32-17-5-4-14-30(32)26-29-43(46)56-52(47)48(44)45/h1-29,45H. The first-order valence-corrected chi connectivity index (χ1v) is 21.1. The van der Waals surface area contributed by atoms with Crippen LogP contribution in [-0.2, 0) is 0 Å². The lowest BCUT2D eigenvalue weighted by molar-refractivity contribution is 1.04. The van der Waals surface area contributed by atoms with Crippen LogP contribution in [0.1, 0.15) is 22.6 Å². The Labute approximate surface area is 336 Å². The molecule has 12 aromatic rings. The smallest absolute Gasteiger partial charge is 0.143 e. The van der Waals surface area contributed by atoms with Crippen LogP contribution in [-0.4, -0.2) is 9.97 Å². The summed E-state index contributed by atoms with van der Waals surface area (Å²) in [5, 5.41) is 11.6. The molecule has 264 valence electrons. The highest BCUT2D eigenvalue weighted by Crippen LogP contribution is 2.58. The molecule has 0 saturated heterocycles. The molecule has 1 aliphatic rings. The molecule has 2 nitrogen and oxygen atoms in total. The Kier molecular flexibility index (Phi) is 6.57. The van der Waals surface area contributed by atoms with Crippen LogP contribution in [0.2, 0.25) is 0 Å². The Hall–Kier alpha value is -6.72. The minimum absolute atomic E-state index is 0.0459. The molecule has 4 heteroatoms. The van der Waals surface area contributed by atoms with E-state index in [0.717, 1.165) is 38.2 Å². The minimum Gasteiger partial charge on any atom is -0.242 e. The summed E-state index contributed by atoms with van der Waals surface area (Å²) >= 11 is 3.67. The van der Waals surface area contributed by atoms with E-state index in [1.54, 1.807) is 11.3 Å². The second-order valence-corrected chi connectivity index (χ2v) is 17.2. The number of hydrogen-bond acceptors (Lipinski definition) is 4. The first kappa shape index (κ1) is 31.5. The molecule has 57 heavy (non-hydrogen) atoms. The Bertz CT molecular complexity index is 3650. The van der Waals surface area contributed by atoms with Crippen LogP contribution in [0.3, 0.4) is 0 Å². The first-order chi connectivity index (χ1) is 28.3. The number of hydrogen-bond donors (Lipinski definition) is 0. The van der Waals surface area contributed by atoms with Gasteiger partial charge in [-0.05, 0) is 72.3 Å². The van der Waals surface area contributed by atoms with E-state index in [1.165, 1.54) is 85.0 Å². The van der Waals surface area contributed by atoms with Gasteiger partial charge in [-0.15, -0.1) is 22.7 Å². The van der Waals surface area contributed by atoms with Crippen molar-refractivity contribution in [2.75, 3.05) is 0 Å². The molecule has 1 atom stereocenters. The van der Waals surface area contributed by atoms with Crippen LogP contribution in [0, 0.1) is 0 Å². The normalized spacial score (nSPS) is 13.8. The molecule has 3 aromatic heterocycles. The summed E-state index contributed by atoms with van der Waals surface area (Å²) in [6.07, 6.45) is 0. The fourth-order valence-corrected chi connectivity index (χ4v) is 12.1. The number of rotatable bonds is 3. The highest BCUT2D eigenvalue weighted by molar-refractivity contribution is 7.26. The van der Waals surface area contributed by atoms with Crippen molar-refractivity contribution in [3.05, 3.63) is 193 Å². The van der Waals surface area contributed by atoms with E-state index < -0.39 is 0 Å². The lowest BCUT2D eigenvalue weighted by Gasteiger charge is -2.20. The zero-order valence-electron chi connectivity index (χ0n) is 30.5. The van der Waals surface area contributed by atoms with Gasteiger partial charge in [0.05, 0.1) is 11.4 Å². The van der Waals surface area contributed by atoms with Gasteiger partial charge in [0.15, 0.2) is 0 Å². The Balaban J connectivity index is 1.13. The van der Waals surface area contributed by atoms with Crippen molar-refractivity contribution < 1.29 is 0 Å². The highest BCUT2D eigenvalue weighted by Gasteiger charge is 2.36. The van der Waals surface area contributed by atoms with Gasteiger partial charge in [0.2, 0.25) is 0 Å². The van der Waals surface area contributed by atoms with E-state index in [0.29, 0.717) is 0 Å². The molecule has 13 rings (SSSR count). The summed E-state index contributed by atoms with van der Waals surface area (Å²) in [6.45, 7) is 0. The molecule has 3 heterocycles. The first-order valence-electron chi connectivity index (χ1n) is 19.4. The van der Waals surface area contributed by atoms with Crippen molar-refractivity contribution in [1.82, 2.24) is 9.97 Å². The Morgan fingerprint density at radius 2 is 1.11 bits per heavy atom. The molecule has 0 bridgehead atoms. The second-order valence-electron chi connectivity index (χ2n) is 15.1. The van der Waals surface area contributed by atoms with E-state index in [9.17, 15) is 0 Å². The number of fused-ring (bicyclic) bond motifs is 16. The molecule has 0 fully saturated rings. The van der Waals surface area contributed by atoms with Crippen molar-refractivity contribution in [1.29, 1.82) is 0 Å². The third-order valence-electron chi connectivity index (χ3n) is 12.2. The van der Waals surface area contributed by atoms with E-state index >= 15 is 0 Å². The molecular weight excluding hydrogens is 729 g/mol. The third-order valence-corrected chi connectivity index (χ3v) is 14.4. The van der Waals surface area contributed by atoms with Gasteiger partial charge in [-0.3, -0.25) is 0 Å². The van der Waals surface area contributed by atoms with Crippen LogP contribution in [0.25, 0.3) is 107 Å². The highest BCUT2D eigenvalue weighted by atomic mass is 32.1. The zero-order chi connectivity index (χ0) is 37.2. The summed E-state index contributed by atoms with van der Waals surface area (Å²) in [5.41, 5.74) is 11.8. The van der Waals surface area contributed by atoms with E-state index in [2.05, 4.69) is 176 Å². The summed E-state index contributed by atoms with van der Waals surface area (Å²) in [4.78, 5) is 11.9. The van der Waals surface area contributed by atoms with Crippen LogP contribution < -0.4 is 0 Å². The number of benzene rings is 9. The Morgan fingerprint density at radius 1 is 0.404 bits per heavy atom. The predicted octanol–water partition coefficient (Wildman–Crippen LogP) is 15.2. The van der Waals surface area contributed by atoms with Crippen LogP contribution in [0.5, 0.6) is 0 Å². The van der Waals surface area contributed by atoms with E-state index in [-0.39, 0.29) is 5.92 Å². The molecule has 9 aromatic carbocycles. The van der Waals surface area contributed by atoms with Crippen molar-refractivity contribution in [2.24, 2.45) is 0 Å². The SMILES string of the molecule is c1ccc(-c2nc3sc4ccccc4c3nc2-c2ccc(C3c4ccccc4-c4c3c3sc5ccc6ccccc6c5c3c3ccccc43)c3ccccc23)cc1.